The Morgan fingerprint density at radius 1 is 0.941 bits per heavy atom. The van der Waals surface area contributed by atoms with Crippen molar-refractivity contribution in [3.8, 4) is 0 Å². The molecule has 0 aliphatic carbocycles. The van der Waals surface area contributed by atoms with Gasteiger partial charge < -0.3 is 5.32 Å². The summed E-state index contributed by atoms with van der Waals surface area (Å²) in [7, 11) is -4.68. The van der Waals surface area contributed by atoms with Gasteiger partial charge >= 0.3 is 0 Å². The Balaban J connectivity index is 1.35. The van der Waals surface area contributed by atoms with Gasteiger partial charge in [0, 0.05) is 46.3 Å². The van der Waals surface area contributed by atoms with Gasteiger partial charge in [-0.15, -0.1) is 0 Å². The zero-order valence-corrected chi connectivity index (χ0v) is 20.6. The number of nitrogens with one attached hydrogen (secondary N) is 1. The monoisotopic (exact) mass is 496 g/mol. The van der Waals surface area contributed by atoms with E-state index in [1.54, 1.807) is 47.0 Å². The van der Waals surface area contributed by atoms with E-state index in [4.69, 9.17) is 0 Å². The van der Waals surface area contributed by atoms with Gasteiger partial charge in [-0.2, -0.15) is 4.31 Å². The predicted molar refractivity (Wildman–Crippen MR) is 135 cm³/mol. The molecule has 1 atom stereocenters. The molecular formula is C26H28N2O4S2. The van der Waals surface area contributed by atoms with Crippen LogP contribution in [0.4, 0.5) is 5.69 Å². The largest absolute Gasteiger partial charge is 0.322 e. The normalized spacial score (nSPS) is 16.1. The summed E-state index contributed by atoms with van der Waals surface area (Å²) in [5.74, 6) is 0.169. The van der Waals surface area contributed by atoms with E-state index < -0.39 is 20.8 Å². The zero-order chi connectivity index (χ0) is 24.1. The lowest BCUT2D eigenvalue weighted by Crippen LogP contribution is -2.38. The highest BCUT2D eigenvalue weighted by Gasteiger charge is 2.29. The first-order chi connectivity index (χ1) is 16.3. The van der Waals surface area contributed by atoms with Crippen LogP contribution in [-0.2, 0) is 27.2 Å². The number of hydrogen-bond acceptors (Lipinski definition) is 4. The molecule has 0 aromatic heterocycles. The smallest absolute Gasteiger partial charge is 0.255 e. The molecule has 8 heteroatoms. The van der Waals surface area contributed by atoms with Crippen molar-refractivity contribution in [1.29, 1.82) is 0 Å². The number of hydrogen-bond donors (Lipinski definition) is 1. The second kappa shape index (κ2) is 10.6. The van der Waals surface area contributed by atoms with Crippen LogP contribution in [-0.4, -0.2) is 42.2 Å². The van der Waals surface area contributed by atoms with Crippen LogP contribution in [0.25, 0.3) is 0 Å². The van der Waals surface area contributed by atoms with Crippen LogP contribution in [0, 0.1) is 5.92 Å². The van der Waals surface area contributed by atoms with Crippen LogP contribution in [0.3, 0.4) is 0 Å². The molecule has 178 valence electrons. The molecule has 0 spiro atoms. The quantitative estimate of drug-likeness (QED) is 0.528. The molecule has 1 saturated heterocycles. The molecule has 0 bridgehead atoms. The molecule has 4 rings (SSSR count). The highest BCUT2D eigenvalue weighted by molar-refractivity contribution is 7.89. The molecule has 1 amide bonds. The molecule has 0 radical (unpaired) electrons. The second-order valence-electron chi connectivity index (χ2n) is 8.49. The lowest BCUT2D eigenvalue weighted by atomic mass is 9.91. The Morgan fingerprint density at radius 3 is 2.15 bits per heavy atom. The van der Waals surface area contributed by atoms with Crippen molar-refractivity contribution in [2.45, 2.75) is 29.1 Å². The highest BCUT2D eigenvalue weighted by Crippen LogP contribution is 2.27. The maximum Gasteiger partial charge on any atom is 0.255 e. The molecule has 3 aromatic carbocycles. The van der Waals surface area contributed by atoms with E-state index in [1.165, 1.54) is 17.7 Å². The van der Waals surface area contributed by atoms with Crippen LogP contribution >= 0.6 is 0 Å². The van der Waals surface area contributed by atoms with Crippen molar-refractivity contribution >= 4 is 32.4 Å². The minimum atomic E-state index is -3.58. The number of amides is 1. The number of sulfonamides is 1. The van der Waals surface area contributed by atoms with Crippen LogP contribution in [0.1, 0.15) is 28.8 Å². The van der Waals surface area contributed by atoms with Crippen molar-refractivity contribution in [3.63, 3.8) is 0 Å². The summed E-state index contributed by atoms with van der Waals surface area (Å²) >= 11 is 0. The summed E-state index contributed by atoms with van der Waals surface area (Å²) < 4.78 is 39.3. The number of nitrogens with zero attached hydrogens (tertiary/aromatic N) is 1. The first-order valence-electron chi connectivity index (χ1n) is 11.2. The maximum absolute atomic E-state index is 13.1. The first kappa shape index (κ1) is 24.3. The summed E-state index contributed by atoms with van der Waals surface area (Å²) in [5.41, 5.74) is 2.23. The summed E-state index contributed by atoms with van der Waals surface area (Å²) in [5, 5.41) is 2.77. The standard InChI is InChI=1S/C26H28N2O4S2/c1-33(30)24-11-7-22(8-12-24)26(29)27-23-9-13-25(14-10-23)34(31,32)28-17-15-21(16-18-28)19-20-5-3-2-4-6-20/h2-14,21H,15-19H2,1H3,(H,27,29)/t33-/m1/s1. The Morgan fingerprint density at radius 2 is 1.56 bits per heavy atom. The Labute approximate surface area is 203 Å². The summed E-state index contributed by atoms with van der Waals surface area (Å²) in [6, 6.07) is 23.1. The van der Waals surface area contributed by atoms with Gasteiger partial charge in [0.2, 0.25) is 10.0 Å². The molecule has 0 saturated carbocycles. The average Bonchev–Trinajstić information content (AvgIpc) is 2.85. The fourth-order valence-corrected chi connectivity index (χ4v) is 6.15. The van der Waals surface area contributed by atoms with Crippen LogP contribution in [0.15, 0.2) is 88.7 Å². The van der Waals surface area contributed by atoms with Crippen molar-refractivity contribution in [2.75, 3.05) is 24.7 Å². The lowest BCUT2D eigenvalue weighted by Gasteiger charge is -2.31. The minimum absolute atomic E-state index is 0.224. The molecule has 1 fully saturated rings. The van der Waals surface area contributed by atoms with Gasteiger partial charge in [0.15, 0.2) is 0 Å². The van der Waals surface area contributed by atoms with Crippen molar-refractivity contribution in [1.82, 2.24) is 4.31 Å². The molecular weight excluding hydrogens is 468 g/mol. The Kier molecular flexibility index (Phi) is 7.60. The van der Waals surface area contributed by atoms with E-state index in [9.17, 15) is 17.4 Å². The average molecular weight is 497 g/mol. The third kappa shape index (κ3) is 5.81. The molecule has 1 N–H and O–H groups in total. The molecule has 34 heavy (non-hydrogen) atoms. The fraction of sp³-hybridized carbons (Fsp3) is 0.269. The van der Waals surface area contributed by atoms with Crippen LogP contribution in [0.2, 0.25) is 0 Å². The molecule has 6 nitrogen and oxygen atoms in total. The van der Waals surface area contributed by atoms with Crippen molar-refractivity contribution in [2.24, 2.45) is 5.92 Å². The fourth-order valence-electron chi connectivity index (χ4n) is 4.16. The second-order valence-corrected chi connectivity index (χ2v) is 11.8. The van der Waals surface area contributed by atoms with E-state index in [-0.39, 0.29) is 10.8 Å². The molecule has 0 unspecified atom stereocenters. The van der Waals surface area contributed by atoms with E-state index in [0.29, 0.717) is 35.2 Å². The summed E-state index contributed by atoms with van der Waals surface area (Å²) in [4.78, 5) is 13.3. The van der Waals surface area contributed by atoms with E-state index >= 15 is 0 Å². The minimum Gasteiger partial charge on any atom is -0.322 e. The van der Waals surface area contributed by atoms with E-state index in [2.05, 4.69) is 17.4 Å². The number of carbonyl (C=O) groups excluding carboxylic acids is 1. The number of benzene rings is 3. The molecule has 1 aliphatic rings. The third-order valence-corrected chi connectivity index (χ3v) is 8.99. The van der Waals surface area contributed by atoms with Gasteiger partial charge in [0.1, 0.15) is 0 Å². The van der Waals surface area contributed by atoms with Gasteiger partial charge in [-0.05, 0) is 79.3 Å². The van der Waals surface area contributed by atoms with Gasteiger partial charge in [0.05, 0.1) is 4.90 Å². The number of carbonyl (C=O) groups is 1. The van der Waals surface area contributed by atoms with E-state index in [0.717, 1.165) is 19.3 Å². The molecule has 1 heterocycles. The lowest BCUT2D eigenvalue weighted by molar-refractivity contribution is 0.102. The van der Waals surface area contributed by atoms with Crippen LogP contribution in [0.5, 0.6) is 0 Å². The zero-order valence-electron chi connectivity index (χ0n) is 19.0. The first-order valence-corrected chi connectivity index (χ1v) is 14.2. The predicted octanol–water partition coefficient (Wildman–Crippen LogP) is 4.32. The van der Waals surface area contributed by atoms with Gasteiger partial charge in [0.25, 0.3) is 5.91 Å². The van der Waals surface area contributed by atoms with Gasteiger partial charge in [-0.1, -0.05) is 30.3 Å². The van der Waals surface area contributed by atoms with Gasteiger partial charge in [-0.25, -0.2) is 8.42 Å². The molecule has 3 aromatic rings. The Bertz CT molecular complexity index is 1250. The van der Waals surface area contributed by atoms with Crippen molar-refractivity contribution < 1.29 is 17.4 Å². The number of anilines is 1. The highest BCUT2D eigenvalue weighted by atomic mass is 32.2. The number of piperidine rings is 1. The third-order valence-electron chi connectivity index (χ3n) is 6.14. The topological polar surface area (TPSA) is 83.5 Å². The summed E-state index contributed by atoms with van der Waals surface area (Å²) in [6.45, 7) is 1.02. The Hall–Kier alpha value is -2.81. The van der Waals surface area contributed by atoms with E-state index in [1.807, 2.05) is 18.2 Å². The maximum atomic E-state index is 13.1. The van der Waals surface area contributed by atoms with Crippen molar-refractivity contribution in [3.05, 3.63) is 90.0 Å². The van der Waals surface area contributed by atoms with Gasteiger partial charge in [-0.3, -0.25) is 9.00 Å². The number of rotatable bonds is 7. The summed E-state index contributed by atoms with van der Waals surface area (Å²) in [6.07, 6.45) is 4.24. The SMILES string of the molecule is C[S@@](=O)c1ccc(C(=O)Nc2ccc(S(=O)(=O)N3CCC(Cc4ccccc4)CC3)cc2)cc1. The molecule has 1 aliphatic heterocycles. The van der Waals surface area contributed by atoms with Crippen LogP contribution < -0.4 is 5.32 Å².